The van der Waals surface area contributed by atoms with Crippen molar-refractivity contribution in [3.05, 3.63) is 33.4 Å². The second-order valence-corrected chi connectivity index (χ2v) is 4.53. The lowest BCUT2D eigenvalue weighted by atomic mass is 9.81. The summed E-state index contributed by atoms with van der Waals surface area (Å²) in [5.74, 6) is 0. The molecular weight excluding hydrogens is 287 g/mol. The molecule has 0 fully saturated rings. The van der Waals surface area contributed by atoms with Crippen LogP contribution in [0.15, 0.2) is 24.3 Å². The lowest BCUT2D eigenvalue weighted by Crippen LogP contribution is -2.18. The summed E-state index contributed by atoms with van der Waals surface area (Å²) in [4.78, 5) is 0. The maximum atomic E-state index is 9.04. The van der Waals surface area contributed by atoms with Gasteiger partial charge < -0.3 is 0 Å². The fourth-order valence-corrected chi connectivity index (χ4v) is 1.54. The minimum Gasteiger partial charge on any atom is -0.198 e. The summed E-state index contributed by atoms with van der Waals surface area (Å²) in [5, 5.41) is 17.7. The number of nitriles is 2. The van der Waals surface area contributed by atoms with E-state index >= 15 is 0 Å². The van der Waals surface area contributed by atoms with Crippen LogP contribution in [0.2, 0.25) is 0 Å². The number of hydrogen-bond acceptors (Lipinski definition) is 2. The van der Waals surface area contributed by atoms with Crippen LogP contribution in [0.5, 0.6) is 0 Å². The predicted octanol–water partition coefficient (Wildman–Crippen LogP) is 2.99. The normalized spacial score (nSPS) is 13.7. The SMILES string of the molecule is CC(C#N)(CC#N)c1ccc(I)cc1. The Morgan fingerprint density at radius 2 is 1.86 bits per heavy atom. The summed E-state index contributed by atoms with van der Waals surface area (Å²) >= 11 is 2.21. The number of hydrogen-bond donors (Lipinski definition) is 0. The standard InChI is InChI=1S/C11H9IN2/c1-11(8-14,6-7-13)9-2-4-10(12)5-3-9/h2-5H,6H2,1H3. The number of rotatable bonds is 2. The van der Waals surface area contributed by atoms with Gasteiger partial charge in [0.1, 0.15) is 0 Å². The van der Waals surface area contributed by atoms with Crippen molar-refractivity contribution in [2.45, 2.75) is 18.8 Å². The van der Waals surface area contributed by atoms with Crippen LogP contribution in [0.3, 0.4) is 0 Å². The first-order chi connectivity index (χ1) is 6.62. The highest BCUT2D eigenvalue weighted by Crippen LogP contribution is 2.26. The van der Waals surface area contributed by atoms with Gasteiger partial charge in [-0.2, -0.15) is 10.5 Å². The van der Waals surface area contributed by atoms with Crippen LogP contribution < -0.4 is 0 Å². The molecule has 0 aliphatic rings. The van der Waals surface area contributed by atoms with E-state index < -0.39 is 5.41 Å². The average molecular weight is 296 g/mol. The quantitative estimate of drug-likeness (QED) is 0.788. The molecule has 0 aliphatic carbocycles. The summed E-state index contributed by atoms with van der Waals surface area (Å²) in [6.45, 7) is 1.79. The van der Waals surface area contributed by atoms with E-state index in [1.807, 2.05) is 30.3 Å². The van der Waals surface area contributed by atoms with Crippen molar-refractivity contribution in [1.82, 2.24) is 0 Å². The van der Waals surface area contributed by atoms with E-state index in [2.05, 4.69) is 28.7 Å². The summed E-state index contributed by atoms with van der Waals surface area (Å²) in [7, 11) is 0. The van der Waals surface area contributed by atoms with Gasteiger partial charge in [-0.15, -0.1) is 0 Å². The number of benzene rings is 1. The summed E-state index contributed by atoms with van der Waals surface area (Å²) in [6, 6.07) is 11.9. The Morgan fingerprint density at radius 3 is 2.29 bits per heavy atom. The van der Waals surface area contributed by atoms with E-state index in [1.165, 1.54) is 0 Å². The Bertz CT molecular complexity index is 397. The van der Waals surface area contributed by atoms with Gasteiger partial charge in [-0.1, -0.05) is 12.1 Å². The highest BCUT2D eigenvalue weighted by molar-refractivity contribution is 14.1. The molecule has 14 heavy (non-hydrogen) atoms. The average Bonchev–Trinajstić information content (AvgIpc) is 2.19. The second-order valence-electron chi connectivity index (χ2n) is 3.29. The minimum atomic E-state index is -0.681. The molecule has 0 radical (unpaired) electrons. The smallest absolute Gasteiger partial charge is 0.0923 e. The molecule has 1 aromatic carbocycles. The van der Waals surface area contributed by atoms with E-state index in [9.17, 15) is 0 Å². The first-order valence-electron chi connectivity index (χ1n) is 4.16. The third kappa shape index (κ3) is 2.24. The molecule has 0 saturated heterocycles. The van der Waals surface area contributed by atoms with Gasteiger partial charge in [-0.05, 0) is 47.2 Å². The zero-order chi connectivity index (χ0) is 10.6. The van der Waals surface area contributed by atoms with Crippen LogP contribution >= 0.6 is 22.6 Å². The van der Waals surface area contributed by atoms with Gasteiger partial charge in [0, 0.05) is 3.57 Å². The predicted molar refractivity (Wildman–Crippen MR) is 62.4 cm³/mol. The number of nitrogens with zero attached hydrogens (tertiary/aromatic N) is 2. The zero-order valence-electron chi connectivity index (χ0n) is 7.79. The molecule has 0 bridgehead atoms. The van der Waals surface area contributed by atoms with E-state index in [0.717, 1.165) is 9.13 Å². The maximum Gasteiger partial charge on any atom is 0.0923 e. The van der Waals surface area contributed by atoms with Crippen LogP contribution in [-0.4, -0.2) is 0 Å². The molecule has 1 aromatic rings. The summed E-state index contributed by atoms with van der Waals surface area (Å²) in [5.41, 5.74) is 0.223. The maximum absolute atomic E-state index is 9.04. The Labute approximate surface area is 97.3 Å². The van der Waals surface area contributed by atoms with Gasteiger partial charge in [0.05, 0.1) is 24.0 Å². The van der Waals surface area contributed by atoms with Gasteiger partial charge in [0.15, 0.2) is 0 Å². The summed E-state index contributed by atoms with van der Waals surface area (Å²) in [6.07, 6.45) is 0.226. The van der Waals surface area contributed by atoms with Crippen LogP contribution in [0, 0.1) is 26.2 Å². The molecule has 1 unspecified atom stereocenters. The Hall–Kier alpha value is -1.07. The third-order valence-electron chi connectivity index (χ3n) is 2.16. The molecule has 0 heterocycles. The van der Waals surface area contributed by atoms with E-state index in [1.54, 1.807) is 6.92 Å². The first-order valence-corrected chi connectivity index (χ1v) is 5.24. The van der Waals surface area contributed by atoms with Crippen LogP contribution in [-0.2, 0) is 5.41 Å². The fourth-order valence-electron chi connectivity index (χ4n) is 1.18. The van der Waals surface area contributed by atoms with Crippen molar-refractivity contribution >= 4 is 22.6 Å². The van der Waals surface area contributed by atoms with E-state index in [4.69, 9.17) is 10.5 Å². The molecule has 1 rings (SSSR count). The molecule has 0 aromatic heterocycles. The minimum absolute atomic E-state index is 0.226. The summed E-state index contributed by atoms with van der Waals surface area (Å²) < 4.78 is 1.13. The highest BCUT2D eigenvalue weighted by Gasteiger charge is 2.25. The molecule has 0 N–H and O–H groups in total. The molecule has 70 valence electrons. The molecular formula is C11H9IN2. The van der Waals surface area contributed by atoms with E-state index in [0.29, 0.717) is 0 Å². The van der Waals surface area contributed by atoms with Crippen molar-refractivity contribution in [2.75, 3.05) is 0 Å². The van der Waals surface area contributed by atoms with Gasteiger partial charge in [0.25, 0.3) is 0 Å². The van der Waals surface area contributed by atoms with Crippen molar-refractivity contribution < 1.29 is 0 Å². The van der Waals surface area contributed by atoms with Crippen molar-refractivity contribution in [2.24, 2.45) is 0 Å². The van der Waals surface area contributed by atoms with Crippen LogP contribution in [0.1, 0.15) is 18.9 Å². The van der Waals surface area contributed by atoms with Crippen molar-refractivity contribution in [1.29, 1.82) is 10.5 Å². The lowest BCUT2D eigenvalue weighted by Gasteiger charge is -2.18. The van der Waals surface area contributed by atoms with Gasteiger partial charge in [-0.3, -0.25) is 0 Å². The van der Waals surface area contributed by atoms with Crippen LogP contribution in [0.4, 0.5) is 0 Å². The topological polar surface area (TPSA) is 47.6 Å². The first kappa shape index (κ1) is 11.0. The molecule has 0 aliphatic heterocycles. The second kappa shape index (κ2) is 4.43. The molecule has 0 saturated carbocycles. The molecule has 3 heteroatoms. The monoisotopic (exact) mass is 296 g/mol. The van der Waals surface area contributed by atoms with Gasteiger partial charge in [-0.25, -0.2) is 0 Å². The Morgan fingerprint density at radius 1 is 1.29 bits per heavy atom. The third-order valence-corrected chi connectivity index (χ3v) is 2.88. The molecule has 2 nitrogen and oxygen atoms in total. The number of halogens is 1. The van der Waals surface area contributed by atoms with Crippen LogP contribution in [0.25, 0.3) is 0 Å². The van der Waals surface area contributed by atoms with Crippen molar-refractivity contribution in [3.63, 3.8) is 0 Å². The molecule has 1 atom stereocenters. The molecule has 0 amide bonds. The highest BCUT2D eigenvalue weighted by atomic mass is 127. The fraction of sp³-hybridized carbons (Fsp3) is 0.273. The van der Waals surface area contributed by atoms with E-state index in [-0.39, 0.29) is 6.42 Å². The van der Waals surface area contributed by atoms with Gasteiger partial charge in [0.2, 0.25) is 0 Å². The zero-order valence-corrected chi connectivity index (χ0v) is 9.95. The largest absolute Gasteiger partial charge is 0.198 e. The Balaban J connectivity index is 3.09. The lowest BCUT2D eigenvalue weighted by molar-refractivity contribution is 0.628. The molecule has 0 spiro atoms. The van der Waals surface area contributed by atoms with Crippen molar-refractivity contribution in [3.8, 4) is 12.1 Å². The van der Waals surface area contributed by atoms with Gasteiger partial charge >= 0.3 is 0 Å². The Kier molecular flexibility index (Phi) is 3.49.